The molecule has 0 aliphatic carbocycles. The number of nitrogens with zero attached hydrogens (tertiary/aromatic N) is 2. The fourth-order valence-corrected chi connectivity index (χ4v) is 6.89. The summed E-state index contributed by atoms with van der Waals surface area (Å²) in [5.41, 5.74) is 0. The first-order chi connectivity index (χ1) is 20.7. The molecule has 0 aliphatic heterocycles. The van der Waals surface area contributed by atoms with Crippen LogP contribution in [-0.4, -0.2) is 9.55 Å². The maximum absolute atomic E-state index is 5.01. The van der Waals surface area contributed by atoms with E-state index >= 15 is 0 Å². The highest BCUT2D eigenvalue weighted by Gasteiger charge is 2.19. The maximum atomic E-state index is 5.01. The number of imidazole rings is 1. The Morgan fingerprint density at radius 2 is 0.762 bits per heavy atom. The van der Waals surface area contributed by atoms with Gasteiger partial charge in [-0.3, -0.25) is 0 Å². The lowest BCUT2D eigenvalue weighted by molar-refractivity contribution is 0.412. The van der Waals surface area contributed by atoms with Crippen LogP contribution in [0.4, 0.5) is 0 Å². The molecule has 1 rings (SSSR count). The summed E-state index contributed by atoms with van der Waals surface area (Å²) >= 11 is 0. The highest BCUT2D eigenvalue weighted by atomic mass is 15.1. The van der Waals surface area contributed by atoms with E-state index in [0.717, 1.165) is 0 Å². The Labute approximate surface area is 266 Å². The van der Waals surface area contributed by atoms with Gasteiger partial charge in [-0.05, 0) is 26.2 Å². The summed E-state index contributed by atoms with van der Waals surface area (Å²) in [6, 6.07) is 0.588. The minimum atomic E-state index is 0.588. The van der Waals surface area contributed by atoms with Crippen LogP contribution in [0.1, 0.15) is 245 Å². The van der Waals surface area contributed by atoms with Gasteiger partial charge in [-0.15, -0.1) is 0 Å². The summed E-state index contributed by atoms with van der Waals surface area (Å²) in [7, 11) is 0. The van der Waals surface area contributed by atoms with E-state index in [1.165, 1.54) is 205 Å². The number of aromatic nitrogens is 2. The Kier molecular flexibility index (Phi) is 28.3. The first-order valence-electron chi connectivity index (χ1n) is 19.8. The molecule has 248 valence electrons. The van der Waals surface area contributed by atoms with Crippen LogP contribution in [0.2, 0.25) is 0 Å². The van der Waals surface area contributed by atoms with Crippen molar-refractivity contribution < 1.29 is 0 Å². The lowest BCUT2D eigenvalue weighted by atomic mass is 9.92. The highest BCUT2D eigenvalue weighted by molar-refractivity contribution is 5.02. The molecule has 0 fully saturated rings. The van der Waals surface area contributed by atoms with Crippen molar-refractivity contribution in [3.63, 3.8) is 0 Å². The average molecular weight is 587 g/mol. The normalized spacial score (nSPS) is 13.1. The third kappa shape index (κ3) is 21.8. The van der Waals surface area contributed by atoms with Crippen LogP contribution in [0.25, 0.3) is 0 Å². The molecule has 0 radical (unpaired) electrons. The van der Waals surface area contributed by atoms with Gasteiger partial charge in [0.1, 0.15) is 5.82 Å². The van der Waals surface area contributed by atoms with Gasteiger partial charge in [0.15, 0.2) is 0 Å². The van der Waals surface area contributed by atoms with Gasteiger partial charge in [0.2, 0.25) is 0 Å². The fourth-order valence-electron chi connectivity index (χ4n) is 6.89. The van der Waals surface area contributed by atoms with Gasteiger partial charge >= 0.3 is 0 Å². The highest BCUT2D eigenvalue weighted by Crippen LogP contribution is 2.31. The summed E-state index contributed by atoms with van der Waals surface area (Å²) < 4.78 is 2.58. The summed E-state index contributed by atoms with van der Waals surface area (Å²) in [6.45, 7) is 9.39. The zero-order valence-corrected chi connectivity index (χ0v) is 29.6. The van der Waals surface area contributed by atoms with Crippen molar-refractivity contribution in [1.82, 2.24) is 9.55 Å². The molecule has 0 spiro atoms. The Morgan fingerprint density at radius 3 is 1.12 bits per heavy atom. The Hall–Kier alpha value is -0.790. The summed E-state index contributed by atoms with van der Waals surface area (Å²) in [6.07, 6.45) is 48.2. The molecular formula is C40H78N2. The lowest BCUT2D eigenvalue weighted by Crippen LogP contribution is -2.13. The van der Waals surface area contributed by atoms with E-state index < -0.39 is 0 Å². The van der Waals surface area contributed by atoms with Crippen LogP contribution in [0.5, 0.6) is 0 Å². The molecule has 1 aromatic heterocycles. The monoisotopic (exact) mass is 587 g/mol. The van der Waals surface area contributed by atoms with Crippen LogP contribution >= 0.6 is 0 Å². The first-order valence-corrected chi connectivity index (χ1v) is 19.8. The maximum Gasteiger partial charge on any atom is 0.111 e. The van der Waals surface area contributed by atoms with E-state index in [1.807, 2.05) is 0 Å². The van der Waals surface area contributed by atoms with E-state index in [1.54, 1.807) is 0 Å². The van der Waals surface area contributed by atoms with E-state index in [4.69, 9.17) is 4.98 Å². The number of hydrogen-bond donors (Lipinski definition) is 0. The molecule has 0 amide bonds. The Balaban J connectivity index is 2.41. The van der Waals surface area contributed by atoms with E-state index in [2.05, 4.69) is 44.7 Å². The fraction of sp³-hybridized carbons (Fsp3) is 0.925. The van der Waals surface area contributed by atoms with Crippen molar-refractivity contribution in [2.75, 3.05) is 0 Å². The van der Waals surface area contributed by atoms with Crippen molar-refractivity contribution in [2.24, 2.45) is 0 Å². The van der Waals surface area contributed by atoms with Crippen LogP contribution in [-0.2, 0) is 0 Å². The van der Waals surface area contributed by atoms with Gasteiger partial charge in [0.05, 0.1) is 0 Å². The van der Waals surface area contributed by atoms with E-state index in [-0.39, 0.29) is 0 Å². The molecule has 0 saturated heterocycles. The van der Waals surface area contributed by atoms with E-state index in [0.29, 0.717) is 12.0 Å². The smallest absolute Gasteiger partial charge is 0.111 e. The van der Waals surface area contributed by atoms with Crippen LogP contribution in [0.3, 0.4) is 0 Å². The molecule has 42 heavy (non-hydrogen) atoms. The average Bonchev–Trinajstić information content (AvgIpc) is 3.49. The van der Waals surface area contributed by atoms with Gasteiger partial charge in [0, 0.05) is 24.4 Å². The quantitative estimate of drug-likeness (QED) is 0.0749. The summed E-state index contributed by atoms with van der Waals surface area (Å²) in [5.74, 6) is 2.07. The molecule has 2 heteroatoms. The zero-order valence-electron chi connectivity index (χ0n) is 29.6. The molecule has 2 atom stereocenters. The predicted molar refractivity (Wildman–Crippen MR) is 190 cm³/mol. The minimum Gasteiger partial charge on any atom is -0.332 e. The molecule has 0 aromatic carbocycles. The van der Waals surface area contributed by atoms with Crippen molar-refractivity contribution >= 4 is 0 Å². The Bertz CT molecular complexity index is 650. The molecule has 2 nitrogen and oxygen atoms in total. The molecule has 0 aliphatic rings. The first kappa shape index (κ1) is 39.2. The van der Waals surface area contributed by atoms with Crippen molar-refractivity contribution in [3.05, 3.63) is 18.2 Å². The zero-order chi connectivity index (χ0) is 30.4. The summed E-state index contributed by atoms with van der Waals surface area (Å²) in [4.78, 5) is 5.01. The van der Waals surface area contributed by atoms with Crippen LogP contribution < -0.4 is 0 Å². The topological polar surface area (TPSA) is 17.8 Å². The molecule has 0 saturated carbocycles. The standard InChI is InChI=1S/C40H78N2/c1-5-8-11-14-17-19-20-21-23-26-29-32-35-39(34-31-28-24-16-13-10-7-3)40-41-36-37-42(40)38(4)33-30-27-25-22-18-15-12-9-6-2/h36-39H,5-35H2,1-4H3. The van der Waals surface area contributed by atoms with Gasteiger partial charge in [0.25, 0.3) is 0 Å². The second kappa shape index (κ2) is 30.2. The SMILES string of the molecule is CCCCCCCCCCCCCCC(CCCCCCCCC)c1nccn1C(C)CCCCCCCCCCC. The van der Waals surface area contributed by atoms with Gasteiger partial charge in [-0.25, -0.2) is 4.98 Å². The number of rotatable bonds is 33. The largest absolute Gasteiger partial charge is 0.332 e. The minimum absolute atomic E-state index is 0.588. The van der Waals surface area contributed by atoms with E-state index in [9.17, 15) is 0 Å². The lowest BCUT2D eigenvalue weighted by Gasteiger charge is -2.22. The van der Waals surface area contributed by atoms with Crippen LogP contribution in [0.15, 0.2) is 12.4 Å². The van der Waals surface area contributed by atoms with Gasteiger partial charge < -0.3 is 4.57 Å². The second-order valence-corrected chi connectivity index (χ2v) is 13.9. The predicted octanol–water partition coefficient (Wildman–Crippen LogP) is 14.7. The molecule has 1 heterocycles. The third-order valence-corrected chi connectivity index (χ3v) is 9.83. The number of hydrogen-bond acceptors (Lipinski definition) is 1. The molecule has 1 aromatic rings. The molecule has 2 unspecified atom stereocenters. The van der Waals surface area contributed by atoms with Gasteiger partial charge in [-0.2, -0.15) is 0 Å². The molecule has 0 N–H and O–H groups in total. The van der Waals surface area contributed by atoms with Crippen molar-refractivity contribution in [1.29, 1.82) is 0 Å². The van der Waals surface area contributed by atoms with Crippen molar-refractivity contribution in [2.45, 2.75) is 239 Å². The summed E-state index contributed by atoms with van der Waals surface area (Å²) in [5, 5.41) is 0. The molecular weight excluding hydrogens is 508 g/mol. The van der Waals surface area contributed by atoms with Crippen molar-refractivity contribution in [3.8, 4) is 0 Å². The number of unbranched alkanes of at least 4 members (excludes halogenated alkanes) is 25. The van der Waals surface area contributed by atoms with Gasteiger partial charge in [-0.1, -0.05) is 201 Å². The Morgan fingerprint density at radius 1 is 0.452 bits per heavy atom. The van der Waals surface area contributed by atoms with Crippen LogP contribution in [0, 0.1) is 0 Å². The molecule has 0 bridgehead atoms. The third-order valence-electron chi connectivity index (χ3n) is 9.83. The second-order valence-electron chi connectivity index (χ2n) is 13.9.